The minimum absolute atomic E-state index is 0.0214. The van der Waals surface area contributed by atoms with Gasteiger partial charge in [0, 0.05) is 16.4 Å². The molecule has 19 heavy (non-hydrogen) atoms. The number of hydrogen-bond donors (Lipinski definition) is 1. The minimum Gasteiger partial charge on any atom is -0.496 e. The average molecular weight is 328 g/mol. The highest BCUT2D eigenvalue weighted by molar-refractivity contribution is 9.10. The fraction of sp³-hybridized carbons (Fsp3) is 0.533. The maximum atomic E-state index is 12.7. The lowest BCUT2D eigenvalue weighted by Gasteiger charge is -2.25. The number of hydrogen-bond acceptors (Lipinski definition) is 3. The van der Waals surface area contributed by atoms with Crippen molar-refractivity contribution in [2.45, 2.75) is 34.6 Å². The first-order valence-corrected chi connectivity index (χ1v) is 7.06. The zero-order valence-electron chi connectivity index (χ0n) is 12.5. The molecule has 0 bridgehead atoms. The summed E-state index contributed by atoms with van der Waals surface area (Å²) in [5.74, 6) is 0.679. The van der Waals surface area contributed by atoms with E-state index >= 15 is 0 Å². The molecular formula is C15H22BrNO2. The van der Waals surface area contributed by atoms with E-state index in [0.29, 0.717) is 17.9 Å². The fourth-order valence-electron chi connectivity index (χ4n) is 2.04. The van der Waals surface area contributed by atoms with E-state index in [9.17, 15) is 4.79 Å². The maximum absolute atomic E-state index is 12.7. The lowest BCUT2D eigenvalue weighted by atomic mass is 9.81. The van der Waals surface area contributed by atoms with Gasteiger partial charge in [-0.2, -0.15) is 0 Å². The predicted molar refractivity (Wildman–Crippen MR) is 82.1 cm³/mol. The Balaban J connectivity index is 3.64. The van der Waals surface area contributed by atoms with E-state index in [1.165, 1.54) is 0 Å². The molecule has 0 spiro atoms. The molecule has 0 saturated heterocycles. The first kappa shape index (κ1) is 16.2. The molecule has 2 N–H and O–H groups in total. The largest absolute Gasteiger partial charge is 0.496 e. The summed E-state index contributed by atoms with van der Waals surface area (Å²) >= 11 is 3.56. The van der Waals surface area contributed by atoms with Crippen LogP contribution in [0.5, 0.6) is 5.75 Å². The number of carbonyl (C=O) groups is 1. The number of benzene rings is 1. The average Bonchev–Trinajstić information content (AvgIpc) is 2.39. The Morgan fingerprint density at radius 1 is 1.21 bits per heavy atom. The molecule has 0 aliphatic heterocycles. The van der Waals surface area contributed by atoms with Crippen molar-refractivity contribution in [3.63, 3.8) is 0 Å². The summed E-state index contributed by atoms with van der Waals surface area (Å²) in [5.41, 5.74) is 8.74. The van der Waals surface area contributed by atoms with Gasteiger partial charge in [-0.25, -0.2) is 0 Å². The van der Waals surface area contributed by atoms with Gasteiger partial charge < -0.3 is 10.5 Å². The standard InChI is InChI=1S/C15H22BrNO2/c1-8-9(2)13(19-6)11(10(3)12(8)16)14(18)15(4,5)7-17/h7,17H2,1-6H3. The molecule has 1 aromatic rings. The summed E-state index contributed by atoms with van der Waals surface area (Å²) in [6, 6.07) is 0. The van der Waals surface area contributed by atoms with Crippen molar-refractivity contribution in [1.82, 2.24) is 0 Å². The van der Waals surface area contributed by atoms with Crippen LogP contribution >= 0.6 is 15.9 Å². The third kappa shape index (κ3) is 2.70. The first-order valence-electron chi connectivity index (χ1n) is 6.27. The van der Waals surface area contributed by atoms with Crippen molar-refractivity contribution >= 4 is 21.7 Å². The number of rotatable bonds is 4. The Kier molecular flexibility index (Phi) is 4.80. The van der Waals surface area contributed by atoms with E-state index in [0.717, 1.165) is 21.2 Å². The molecule has 0 fully saturated rings. The van der Waals surface area contributed by atoms with E-state index in [2.05, 4.69) is 15.9 Å². The molecule has 0 atom stereocenters. The van der Waals surface area contributed by atoms with Gasteiger partial charge in [0.1, 0.15) is 5.75 Å². The molecule has 1 rings (SSSR count). The molecule has 0 amide bonds. The van der Waals surface area contributed by atoms with E-state index in [1.54, 1.807) is 7.11 Å². The van der Waals surface area contributed by atoms with Gasteiger partial charge in [0.25, 0.3) is 0 Å². The highest BCUT2D eigenvalue weighted by Crippen LogP contribution is 2.38. The number of carbonyl (C=O) groups excluding carboxylic acids is 1. The summed E-state index contributed by atoms with van der Waals surface area (Å²) in [5, 5.41) is 0. The molecule has 0 radical (unpaired) electrons. The molecule has 0 aliphatic carbocycles. The SMILES string of the molecule is COc1c(C)c(C)c(Br)c(C)c1C(=O)C(C)(C)CN. The summed E-state index contributed by atoms with van der Waals surface area (Å²) < 4.78 is 6.43. The molecule has 0 heterocycles. The molecular weight excluding hydrogens is 306 g/mol. The zero-order valence-corrected chi connectivity index (χ0v) is 14.1. The van der Waals surface area contributed by atoms with Crippen molar-refractivity contribution in [2.24, 2.45) is 11.1 Å². The highest BCUT2D eigenvalue weighted by atomic mass is 79.9. The Morgan fingerprint density at radius 3 is 2.16 bits per heavy atom. The van der Waals surface area contributed by atoms with Crippen LogP contribution in [0.3, 0.4) is 0 Å². The van der Waals surface area contributed by atoms with Crippen LogP contribution in [-0.4, -0.2) is 19.4 Å². The lowest BCUT2D eigenvalue weighted by Crippen LogP contribution is -2.33. The van der Waals surface area contributed by atoms with Crippen LogP contribution in [0.2, 0.25) is 0 Å². The second kappa shape index (κ2) is 5.63. The quantitative estimate of drug-likeness (QED) is 0.860. The van der Waals surface area contributed by atoms with Crippen LogP contribution in [0.4, 0.5) is 0 Å². The molecule has 4 heteroatoms. The lowest BCUT2D eigenvalue weighted by molar-refractivity contribution is 0.0843. The van der Waals surface area contributed by atoms with Crippen LogP contribution in [0.25, 0.3) is 0 Å². The molecule has 0 aliphatic rings. The molecule has 106 valence electrons. The third-order valence-electron chi connectivity index (χ3n) is 3.72. The number of methoxy groups -OCH3 is 1. The van der Waals surface area contributed by atoms with Crippen LogP contribution in [0, 0.1) is 26.2 Å². The number of halogens is 1. The van der Waals surface area contributed by atoms with E-state index in [4.69, 9.17) is 10.5 Å². The summed E-state index contributed by atoms with van der Waals surface area (Å²) in [4.78, 5) is 12.7. The van der Waals surface area contributed by atoms with Crippen LogP contribution in [0.1, 0.15) is 40.9 Å². The second-order valence-corrected chi connectivity index (χ2v) is 6.31. The van der Waals surface area contributed by atoms with Crippen molar-refractivity contribution in [3.05, 3.63) is 26.7 Å². The van der Waals surface area contributed by atoms with Crippen molar-refractivity contribution in [3.8, 4) is 5.75 Å². The number of ketones is 1. The monoisotopic (exact) mass is 327 g/mol. The Bertz CT molecular complexity index is 522. The molecule has 0 aromatic heterocycles. The summed E-state index contributed by atoms with van der Waals surface area (Å²) in [6.45, 7) is 9.92. The summed E-state index contributed by atoms with van der Waals surface area (Å²) in [7, 11) is 1.60. The first-order chi connectivity index (χ1) is 8.68. The number of nitrogens with two attached hydrogens (primary N) is 1. The predicted octanol–water partition coefficient (Wildman–Crippen LogP) is 3.55. The Morgan fingerprint density at radius 2 is 1.74 bits per heavy atom. The van der Waals surface area contributed by atoms with Crippen molar-refractivity contribution in [2.75, 3.05) is 13.7 Å². The third-order valence-corrected chi connectivity index (χ3v) is 4.91. The molecule has 0 saturated carbocycles. The van der Waals surface area contributed by atoms with Crippen LogP contribution in [-0.2, 0) is 0 Å². The topological polar surface area (TPSA) is 52.3 Å². The molecule has 0 unspecified atom stereocenters. The second-order valence-electron chi connectivity index (χ2n) is 5.51. The normalized spacial score (nSPS) is 11.6. The minimum atomic E-state index is -0.598. The van der Waals surface area contributed by atoms with Gasteiger partial charge in [0.15, 0.2) is 5.78 Å². The van der Waals surface area contributed by atoms with Gasteiger partial charge in [-0.1, -0.05) is 29.8 Å². The van der Waals surface area contributed by atoms with Crippen molar-refractivity contribution < 1.29 is 9.53 Å². The van der Waals surface area contributed by atoms with E-state index < -0.39 is 5.41 Å². The Hall–Kier alpha value is -0.870. The van der Waals surface area contributed by atoms with Gasteiger partial charge in [-0.15, -0.1) is 0 Å². The highest BCUT2D eigenvalue weighted by Gasteiger charge is 2.32. The van der Waals surface area contributed by atoms with Crippen molar-refractivity contribution in [1.29, 1.82) is 0 Å². The fourth-order valence-corrected chi connectivity index (χ4v) is 2.54. The van der Waals surface area contributed by atoms with Gasteiger partial charge in [-0.05, 0) is 37.5 Å². The van der Waals surface area contributed by atoms with E-state index in [1.807, 2.05) is 34.6 Å². The van der Waals surface area contributed by atoms with Gasteiger partial charge in [-0.3, -0.25) is 4.79 Å². The number of Topliss-reactive ketones (excluding diaryl/α,β-unsaturated/α-hetero) is 1. The van der Waals surface area contributed by atoms with Gasteiger partial charge in [0.05, 0.1) is 12.7 Å². The zero-order chi connectivity index (χ0) is 15.0. The number of ether oxygens (including phenoxy) is 1. The maximum Gasteiger partial charge on any atom is 0.173 e. The van der Waals surface area contributed by atoms with E-state index in [-0.39, 0.29) is 5.78 Å². The molecule has 1 aromatic carbocycles. The Labute approximate surface area is 123 Å². The summed E-state index contributed by atoms with van der Waals surface area (Å²) in [6.07, 6.45) is 0. The van der Waals surface area contributed by atoms with Crippen LogP contribution in [0.15, 0.2) is 4.47 Å². The molecule has 3 nitrogen and oxygen atoms in total. The van der Waals surface area contributed by atoms with Gasteiger partial charge >= 0.3 is 0 Å². The van der Waals surface area contributed by atoms with Crippen LogP contribution < -0.4 is 10.5 Å². The van der Waals surface area contributed by atoms with Gasteiger partial charge in [0.2, 0.25) is 0 Å². The smallest absolute Gasteiger partial charge is 0.173 e.